The van der Waals surface area contributed by atoms with Crippen LogP contribution in [0, 0.1) is 11.3 Å². The molecule has 170 valence electrons. The van der Waals surface area contributed by atoms with Gasteiger partial charge in [-0.3, -0.25) is 9.59 Å². The van der Waals surface area contributed by atoms with Gasteiger partial charge in [-0.15, -0.1) is 0 Å². The number of benzene rings is 2. The lowest BCUT2D eigenvalue weighted by Gasteiger charge is -2.15. The van der Waals surface area contributed by atoms with Crippen LogP contribution in [0.2, 0.25) is 0 Å². The lowest BCUT2D eigenvalue weighted by molar-refractivity contribution is -0.143. The fourth-order valence-corrected chi connectivity index (χ4v) is 5.47. The molecule has 2 amide bonds. The third kappa shape index (κ3) is 3.99. The predicted octanol–water partition coefficient (Wildman–Crippen LogP) is 3.45. The van der Waals surface area contributed by atoms with E-state index in [1.54, 1.807) is 6.08 Å². The van der Waals surface area contributed by atoms with Crippen molar-refractivity contribution in [1.29, 1.82) is 0 Å². The molecule has 7 nitrogen and oxygen atoms in total. The highest BCUT2D eigenvalue weighted by atomic mass is 16.5. The first-order valence-electron chi connectivity index (χ1n) is 11.3. The molecule has 5 rings (SSSR count). The van der Waals surface area contributed by atoms with Crippen LogP contribution >= 0.6 is 0 Å². The number of nitrogens with one attached hydrogen (secondary N) is 2. The Morgan fingerprint density at radius 3 is 2.33 bits per heavy atom. The maximum atomic E-state index is 12.2. The van der Waals surface area contributed by atoms with E-state index < -0.39 is 17.5 Å². The first-order valence-corrected chi connectivity index (χ1v) is 11.3. The van der Waals surface area contributed by atoms with Crippen molar-refractivity contribution in [3.63, 3.8) is 0 Å². The van der Waals surface area contributed by atoms with Gasteiger partial charge < -0.3 is 20.5 Å². The molecule has 2 aromatic carbocycles. The van der Waals surface area contributed by atoms with Crippen LogP contribution in [-0.2, 0) is 14.3 Å². The minimum atomic E-state index is -0.757. The van der Waals surface area contributed by atoms with Crippen molar-refractivity contribution in [3.05, 3.63) is 71.8 Å². The van der Waals surface area contributed by atoms with Crippen LogP contribution in [0.4, 0.5) is 4.79 Å². The molecule has 2 saturated carbocycles. The van der Waals surface area contributed by atoms with Crippen molar-refractivity contribution >= 4 is 18.0 Å². The van der Waals surface area contributed by atoms with Crippen molar-refractivity contribution in [3.8, 4) is 11.1 Å². The zero-order valence-corrected chi connectivity index (χ0v) is 18.1. The number of amides is 2. The Morgan fingerprint density at radius 1 is 1.03 bits per heavy atom. The largest absolute Gasteiger partial charge is 0.481 e. The Morgan fingerprint density at radius 2 is 1.70 bits per heavy atom. The molecular weight excluding hydrogens is 420 g/mol. The molecule has 0 saturated heterocycles. The minimum absolute atomic E-state index is 0.00353. The van der Waals surface area contributed by atoms with E-state index in [1.165, 1.54) is 17.2 Å². The molecule has 0 aromatic heterocycles. The van der Waals surface area contributed by atoms with Crippen molar-refractivity contribution in [1.82, 2.24) is 10.6 Å². The number of ether oxygens (including phenoxy) is 1. The van der Waals surface area contributed by atoms with E-state index in [0.29, 0.717) is 19.3 Å². The minimum Gasteiger partial charge on any atom is -0.481 e. The van der Waals surface area contributed by atoms with Gasteiger partial charge in [0.05, 0.1) is 5.41 Å². The molecule has 3 aliphatic carbocycles. The Hall–Kier alpha value is -3.61. The molecule has 0 aliphatic heterocycles. The van der Waals surface area contributed by atoms with E-state index in [1.807, 2.05) is 24.3 Å². The first kappa shape index (κ1) is 21.2. The fraction of sp³-hybridized carbons (Fsp3) is 0.346. The number of fused-ring (bicyclic) bond motifs is 4. The van der Waals surface area contributed by atoms with Gasteiger partial charge in [-0.1, -0.05) is 54.6 Å². The maximum absolute atomic E-state index is 12.2. The summed E-state index contributed by atoms with van der Waals surface area (Å²) < 4.78 is 5.46. The summed E-state index contributed by atoms with van der Waals surface area (Å²) in [6.07, 6.45) is 4.30. The van der Waals surface area contributed by atoms with Crippen molar-refractivity contribution in [2.45, 2.75) is 31.2 Å². The molecule has 3 N–H and O–H groups in total. The van der Waals surface area contributed by atoms with Crippen molar-refractivity contribution in [2.75, 3.05) is 13.2 Å². The number of aliphatic carboxylic acids is 1. The van der Waals surface area contributed by atoms with Gasteiger partial charge in [0.25, 0.3) is 0 Å². The second-order valence-electron chi connectivity index (χ2n) is 9.12. The second-order valence-corrected chi connectivity index (χ2v) is 9.12. The van der Waals surface area contributed by atoms with Crippen molar-refractivity contribution < 1.29 is 24.2 Å². The highest BCUT2D eigenvalue weighted by Gasteiger charge is 2.65. The SMILES string of the molecule is O=C(/C=C/CNC(=O)OCC1c2ccccc2-c2ccccc21)N[C@@H]1C[C@H]2C[C@@]2(C(=O)O)C1. The number of carbonyl (C=O) groups is 3. The third-order valence-electron chi connectivity index (χ3n) is 7.16. The molecule has 3 aliphatic rings. The van der Waals surface area contributed by atoms with Gasteiger partial charge in [-0.25, -0.2) is 4.79 Å². The van der Waals surface area contributed by atoms with Gasteiger partial charge in [0.1, 0.15) is 6.61 Å². The molecule has 2 fully saturated rings. The Labute approximate surface area is 191 Å². The van der Waals surface area contributed by atoms with Crippen LogP contribution in [0.5, 0.6) is 0 Å². The van der Waals surface area contributed by atoms with E-state index >= 15 is 0 Å². The number of hydrogen-bond acceptors (Lipinski definition) is 4. The average molecular weight is 447 g/mol. The number of hydrogen-bond donors (Lipinski definition) is 3. The number of carbonyl (C=O) groups excluding carboxylic acids is 2. The van der Waals surface area contributed by atoms with Gasteiger partial charge in [-0.2, -0.15) is 0 Å². The predicted molar refractivity (Wildman–Crippen MR) is 122 cm³/mol. The zero-order chi connectivity index (χ0) is 23.0. The molecule has 0 radical (unpaired) electrons. The molecule has 33 heavy (non-hydrogen) atoms. The zero-order valence-electron chi connectivity index (χ0n) is 18.1. The average Bonchev–Trinajstić information content (AvgIpc) is 3.24. The summed E-state index contributed by atoms with van der Waals surface area (Å²) in [7, 11) is 0. The molecule has 2 aromatic rings. The standard InChI is InChI=1S/C26H26N2O5/c29-23(28-17-12-16-13-26(16,14-17)24(30)31)10-5-11-27-25(32)33-15-22-20-8-3-1-6-18(20)19-7-2-4-9-21(19)22/h1-10,16-17,22H,11-15H2,(H,27,32)(H,28,29)(H,30,31)/b10-5+/t16-,17+,26+/m0/s1. The summed E-state index contributed by atoms with van der Waals surface area (Å²) in [4.78, 5) is 35.6. The molecular formula is C26H26N2O5. The van der Waals surface area contributed by atoms with Crippen molar-refractivity contribution in [2.24, 2.45) is 11.3 Å². The topological polar surface area (TPSA) is 105 Å². The lowest BCUT2D eigenvalue weighted by Crippen LogP contribution is -2.34. The summed E-state index contributed by atoms with van der Waals surface area (Å²) in [5, 5.41) is 14.8. The highest BCUT2D eigenvalue weighted by molar-refractivity contribution is 5.88. The third-order valence-corrected chi connectivity index (χ3v) is 7.16. The molecule has 0 heterocycles. The Balaban J connectivity index is 1.07. The van der Waals surface area contributed by atoms with E-state index in [-0.39, 0.29) is 36.9 Å². The van der Waals surface area contributed by atoms with Gasteiger partial charge in [0.2, 0.25) is 5.91 Å². The van der Waals surface area contributed by atoms with Gasteiger partial charge >= 0.3 is 12.1 Å². The molecule has 0 bridgehead atoms. The number of alkyl carbamates (subject to hydrolysis) is 1. The molecule has 0 unspecified atom stereocenters. The lowest BCUT2D eigenvalue weighted by atomic mass is 9.98. The summed E-state index contributed by atoms with van der Waals surface area (Å²) in [6, 6.07) is 16.2. The van der Waals surface area contributed by atoms with Crippen LogP contribution in [0.3, 0.4) is 0 Å². The van der Waals surface area contributed by atoms with Crippen LogP contribution in [0.1, 0.15) is 36.3 Å². The number of rotatable bonds is 7. The molecule has 0 spiro atoms. The Bertz CT molecular complexity index is 1100. The molecule has 7 heteroatoms. The highest BCUT2D eigenvalue weighted by Crippen LogP contribution is 2.63. The van der Waals surface area contributed by atoms with Crippen LogP contribution in [0.25, 0.3) is 11.1 Å². The van der Waals surface area contributed by atoms with E-state index in [2.05, 4.69) is 34.9 Å². The first-order chi connectivity index (χ1) is 16.0. The van der Waals surface area contributed by atoms with Gasteiger partial charge in [-0.05, 0) is 47.4 Å². The second kappa shape index (κ2) is 8.39. The van der Waals surface area contributed by atoms with Crippen LogP contribution in [0.15, 0.2) is 60.7 Å². The van der Waals surface area contributed by atoms with Crippen LogP contribution in [-0.4, -0.2) is 42.3 Å². The monoisotopic (exact) mass is 446 g/mol. The quantitative estimate of drug-likeness (QED) is 0.565. The van der Waals surface area contributed by atoms with E-state index in [9.17, 15) is 19.5 Å². The number of carboxylic acids is 1. The smallest absolute Gasteiger partial charge is 0.407 e. The van der Waals surface area contributed by atoms with Crippen LogP contribution < -0.4 is 10.6 Å². The summed E-state index contributed by atoms with van der Waals surface area (Å²) in [5.41, 5.74) is 4.03. The number of carboxylic acid groups (broad SMARTS) is 1. The Kier molecular flexibility index (Phi) is 5.40. The summed E-state index contributed by atoms with van der Waals surface area (Å²) in [6.45, 7) is 0.398. The van der Waals surface area contributed by atoms with E-state index in [0.717, 1.165) is 11.1 Å². The summed E-state index contributed by atoms with van der Waals surface area (Å²) >= 11 is 0. The molecule has 3 atom stereocenters. The van der Waals surface area contributed by atoms with Gasteiger partial charge in [0.15, 0.2) is 0 Å². The van der Waals surface area contributed by atoms with Gasteiger partial charge in [0, 0.05) is 24.6 Å². The maximum Gasteiger partial charge on any atom is 0.407 e. The van der Waals surface area contributed by atoms with E-state index in [4.69, 9.17) is 4.74 Å². The normalized spacial score (nSPS) is 24.6. The fourth-order valence-electron chi connectivity index (χ4n) is 5.47. The summed E-state index contributed by atoms with van der Waals surface area (Å²) in [5.74, 6) is -0.862.